The van der Waals surface area contributed by atoms with Gasteiger partial charge in [-0.1, -0.05) is 53.4 Å². The first-order valence-electron chi connectivity index (χ1n) is 8.74. The third-order valence-corrected chi connectivity index (χ3v) is 5.78. The Morgan fingerprint density at radius 3 is 2.26 bits per heavy atom. The molecule has 0 aromatic carbocycles. The molecule has 2 fully saturated rings. The van der Waals surface area contributed by atoms with Crippen LogP contribution in [0, 0.1) is 23.2 Å². The van der Waals surface area contributed by atoms with Crippen LogP contribution in [0.5, 0.6) is 0 Å². The first-order valence-corrected chi connectivity index (χ1v) is 8.74. The lowest BCUT2D eigenvalue weighted by Crippen LogP contribution is -2.43. The van der Waals surface area contributed by atoms with Gasteiger partial charge in [-0.15, -0.1) is 0 Å². The highest BCUT2D eigenvalue weighted by atomic mass is 14.9. The second-order valence-electron chi connectivity index (χ2n) is 8.19. The quantitative estimate of drug-likeness (QED) is 0.753. The topological polar surface area (TPSA) is 12.0 Å². The van der Waals surface area contributed by atoms with E-state index < -0.39 is 0 Å². The average molecular weight is 265 g/mol. The summed E-state index contributed by atoms with van der Waals surface area (Å²) >= 11 is 0. The van der Waals surface area contributed by atoms with Gasteiger partial charge < -0.3 is 5.32 Å². The first kappa shape index (κ1) is 15.4. The highest BCUT2D eigenvalue weighted by Crippen LogP contribution is 2.43. The van der Waals surface area contributed by atoms with Crippen LogP contribution in [0.3, 0.4) is 0 Å². The fourth-order valence-electron chi connectivity index (χ4n) is 4.52. The fraction of sp³-hybridized carbons (Fsp3) is 1.00. The molecule has 19 heavy (non-hydrogen) atoms. The smallest absolute Gasteiger partial charge is 0.00955 e. The van der Waals surface area contributed by atoms with Crippen molar-refractivity contribution >= 4 is 0 Å². The van der Waals surface area contributed by atoms with Gasteiger partial charge in [0.05, 0.1) is 0 Å². The van der Waals surface area contributed by atoms with Crippen molar-refractivity contribution in [2.24, 2.45) is 23.2 Å². The van der Waals surface area contributed by atoms with Gasteiger partial charge in [-0.25, -0.2) is 0 Å². The summed E-state index contributed by atoms with van der Waals surface area (Å²) in [5.41, 5.74) is 0.505. The van der Waals surface area contributed by atoms with Crippen LogP contribution in [0.15, 0.2) is 0 Å². The van der Waals surface area contributed by atoms with E-state index in [1.165, 1.54) is 51.4 Å². The molecular formula is C18H35N. The fourth-order valence-corrected chi connectivity index (χ4v) is 4.52. The molecule has 0 aromatic rings. The molecule has 0 saturated heterocycles. The molecule has 2 saturated carbocycles. The molecule has 0 heterocycles. The van der Waals surface area contributed by atoms with E-state index in [2.05, 4.69) is 33.0 Å². The van der Waals surface area contributed by atoms with Crippen LogP contribution in [0.4, 0.5) is 0 Å². The largest absolute Gasteiger partial charge is 0.314 e. The Morgan fingerprint density at radius 1 is 1.00 bits per heavy atom. The maximum atomic E-state index is 3.78. The Labute approximate surface area is 120 Å². The van der Waals surface area contributed by atoms with E-state index in [-0.39, 0.29) is 0 Å². The molecule has 1 nitrogen and oxygen atoms in total. The second kappa shape index (κ2) is 6.61. The summed E-state index contributed by atoms with van der Waals surface area (Å²) in [4.78, 5) is 0. The summed E-state index contributed by atoms with van der Waals surface area (Å²) in [7, 11) is 0. The van der Waals surface area contributed by atoms with Gasteiger partial charge in [-0.05, 0) is 55.4 Å². The third kappa shape index (κ3) is 4.21. The Hall–Kier alpha value is -0.0400. The van der Waals surface area contributed by atoms with Gasteiger partial charge in [-0.3, -0.25) is 0 Å². The van der Waals surface area contributed by atoms with Crippen molar-refractivity contribution in [3.05, 3.63) is 0 Å². The van der Waals surface area contributed by atoms with Gasteiger partial charge in [0.1, 0.15) is 0 Å². The predicted octanol–water partition coefficient (Wildman–Crippen LogP) is 5.01. The lowest BCUT2D eigenvalue weighted by molar-refractivity contribution is 0.101. The van der Waals surface area contributed by atoms with Crippen LogP contribution in [-0.4, -0.2) is 12.6 Å². The van der Waals surface area contributed by atoms with Crippen molar-refractivity contribution < 1.29 is 0 Å². The molecule has 1 heteroatoms. The van der Waals surface area contributed by atoms with E-state index in [0.29, 0.717) is 5.41 Å². The van der Waals surface area contributed by atoms with Crippen LogP contribution >= 0.6 is 0 Å². The van der Waals surface area contributed by atoms with Gasteiger partial charge in [0.15, 0.2) is 0 Å². The van der Waals surface area contributed by atoms with E-state index in [1.807, 2.05) is 0 Å². The zero-order valence-electron chi connectivity index (χ0n) is 13.7. The van der Waals surface area contributed by atoms with Gasteiger partial charge in [0.2, 0.25) is 0 Å². The molecule has 0 amide bonds. The zero-order chi connectivity index (χ0) is 13.9. The molecule has 3 atom stereocenters. The molecule has 3 unspecified atom stereocenters. The molecule has 0 aromatic heterocycles. The monoisotopic (exact) mass is 265 g/mol. The third-order valence-electron chi connectivity index (χ3n) is 5.78. The molecule has 112 valence electrons. The number of rotatable bonds is 4. The maximum absolute atomic E-state index is 3.78. The minimum absolute atomic E-state index is 0.505. The summed E-state index contributed by atoms with van der Waals surface area (Å²) in [6.45, 7) is 10.7. The minimum Gasteiger partial charge on any atom is -0.314 e. The van der Waals surface area contributed by atoms with Crippen molar-refractivity contribution in [3.8, 4) is 0 Å². The summed E-state index contributed by atoms with van der Waals surface area (Å²) in [6.07, 6.45) is 11.8. The Bertz CT molecular complexity index is 259. The lowest BCUT2D eigenvalue weighted by atomic mass is 9.66. The van der Waals surface area contributed by atoms with Crippen molar-refractivity contribution in [2.75, 3.05) is 6.54 Å². The lowest BCUT2D eigenvalue weighted by Gasteiger charge is -2.43. The molecule has 2 rings (SSSR count). The molecule has 0 spiro atoms. The van der Waals surface area contributed by atoms with E-state index in [0.717, 1.165) is 30.3 Å². The van der Waals surface area contributed by atoms with Crippen LogP contribution in [0.25, 0.3) is 0 Å². The van der Waals surface area contributed by atoms with E-state index in [4.69, 9.17) is 0 Å². The molecular weight excluding hydrogens is 230 g/mol. The summed E-state index contributed by atoms with van der Waals surface area (Å²) in [6, 6.07) is 0.809. The molecule has 2 aliphatic carbocycles. The molecule has 2 aliphatic rings. The zero-order valence-corrected chi connectivity index (χ0v) is 13.7. The van der Waals surface area contributed by atoms with Crippen LogP contribution < -0.4 is 5.32 Å². The molecule has 0 radical (unpaired) electrons. The van der Waals surface area contributed by atoms with Gasteiger partial charge in [0.25, 0.3) is 0 Å². The Kier molecular flexibility index (Phi) is 5.34. The molecule has 1 N–H and O–H groups in total. The first-order chi connectivity index (χ1) is 9.00. The van der Waals surface area contributed by atoms with Crippen molar-refractivity contribution in [2.45, 2.75) is 85.1 Å². The summed E-state index contributed by atoms with van der Waals surface area (Å²) < 4.78 is 0. The molecule has 0 aliphatic heterocycles. The summed E-state index contributed by atoms with van der Waals surface area (Å²) in [5.74, 6) is 2.93. The van der Waals surface area contributed by atoms with Gasteiger partial charge in [-0.2, -0.15) is 0 Å². The van der Waals surface area contributed by atoms with Crippen LogP contribution in [0.1, 0.15) is 79.1 Å². The average Bonchev–Trinajstić information content (AvgIpc) is 2.83. The van der Waals surface area contributed by atoms with Gasteiger partial charge >= 0.3 is 0 Å². The SMILES string of the molecule is CCNC1CCC(C(C)(C)C)CC1CC1CCCC1. The van der Waals surface area contributed by atoms with E-state index in [1.54, 1.807) is 0 Å². The number of hydrogen-bond donors (Lipinski definition) is 1. The number of nitrogens with one attached hydrogen (secondary N) is 1. The summed E-state index contributed by atoms with van der Waals surface area (Å²) in [5, 5.41) is 3.78. The maximum Gasteiger partial charge on any atom is 0.00955 e. The normalized spacial score (nSPS) is 33.8. The van der Waals surface area contributed by atoms with Crippen LogP contribution in [0.2, 0.25) is 0 Å². The van der Waals surface area contributed by atoms with E-state index in [9.17, 15) is 0 Å². The van der Waals surface area contributed by atoms with Crippen LogP contribution in [-0.2, 0) is 0 Å². The highest BCUT2D eigenvalue weighted by molar-refractivity contribution is 4.90. The van der Waals surface area contributed by atoms with Crippen molar-refractivity contribution in [3.63, 3.8) is 0 Å². The minimum atomic E-state index is 0.505. The van der Waals surface area contributed by atoms with E-state index >= 15 is 0 Å². The standard InChI is InChI=1S/C18H35N/c1-5-19-17-11-10-16(18(2,3)4)13-15(17)12-14-8-6-7-9-14/h14-17,19H,5-13H2,1-4H3. The second-order valence-corrected chi connectivity index (χ2v) is 8.19. The Balaban J connectivity index is 1.95. The molecule has 0 bridgehead atoms. The highest BCUT2D eigenvalue weighted by Gasteiger charge is 2.36. The predicted molar refractivity (Wildman–Crippen MR) is 84.3 cm³/mol. The Morgan fingerprint density at radius 2 is 1.68 bits per heavy atom. The number of hydrogen-bond acceptors (Lipinski definition) is 1. The van der Waals surface area contributed by atoms with Crippen molar-refractivity contribution in [1.29, 1.82) is 0 Å². The van der Waals surface area contributed by atoms with Gasteiger partial charge in [0, 0.05) is 6.04 Å². The van der Waals surface area contributed by atoms with Crippen molar-refractivity contribution in [1.82, 2.24) is 5.32 Å².